The van der Waals surface area contributed by atoms with Crippen LogP contribution in [-0.4, -0.2) is 60.9 Å². The summed E-state index contributed by atoms with van der Waals surface area (Å²) in [4.78, 5) is 24.5. The first-order valence-electron chi connectivity index (χ1n) is 8.28. The fourth-order valence-corrected chi connectivity index (χ4v) is 3.00. The zero-order valence-electron chi connectivity index (χ0n) is 15.3. The monoisotopic (exact) mass is 437 g/mol. The van der Waals surface area contributed by atoms with Gasteiger partial charge in [-0.25, -0.2) is 9.98 Å². The predicted octanol–water partition coefficient (Wildman–Crippen LogP) is 2.61. The third-order valence-corrected chi connectivity index (χ3v) is 5.10. The summed E-state index contributed by atoms with van der Waals surface area (Å²) < 4.78 is 1.04. The smallest absolute Gasteiger partial charge is 0.241 e. The minimum Gasteiger partial charge on any atom is -0.347 e. The normalized spacial score (nSPS) is 11.3. The lowest BCUT2D eigenvalue weighted by Crippen LogP contribution is -2.44. The van der Waals surface area contributed by atoms with Gasteiger partial charge in [0.25, 0.3) is 0 Å². The Morgan fingerprint density at radius 1 is 1.27 bits per heavy atom. The van der Waals surface area contributed by atoms with Gasteiger partial charge in [-0.2, -0.15) is 0 Å². The standard InChI is InChI=1S/C18H24BrN5OS/c1-23(2)17(25)13-22-18(21-12-14-4-6-15(19)7-5-14)24(3)10-8-16-20-9-11-26-16/h4-7,9,11H,8,10,12-13H2,1-3H3,(H,21,22). The first-order valence-corrected chi connectivity index (χ1v) is 9.95. The molecule has 0 aliphatic carbocycles. The Morgan fingerprint density at radius 2 is 2.00 bits per heavy atom. The second-order valence-electron chi connectivity index (χ2n) is 6.01. The highest BCUT2D eigenvalue weighted by atomic mass is 79.9. The Hall–Kier alpha value is -1.93. The number of benzene rings is 1. The summed E-state index contributed by atoms with van der Waals surface area (Å²) in [7, 11) is 5.46. The van der Waals surface area contributed by atoms with Crippen molar-refractivity contribution < 1.29 is 4.79 Å². The van der Waals surface area contributed by atoms with E-state index < -0.39 is 0 Å². The molecule has 1 amide bonds. The molecule has 0 spiro atoms. The van der Waals surface area contributed by atoms with Crippen LogP contribution in [0, 0.1) is 0 Å². The van der Waals surface area contributed by atoms with Crippen molar-refractivity contribution in [1.82, 2.24) is 20.1 Å². The van der Waals surface area contributed by atoms with Crippen LogP contribution < -0.4 is 5.32 Å². The molecule has 0 saturated carbocycles. The second kappa shape index (κ2) is 10.3. The number of carbonyl (C=O) groups is 1. The summed E-state index contributed by atoms with van der Waals surface area (Å²) in [5.41, 5.74) is 1.11. The molecule has 0 fully saturated rings. The van der Waals surface area contributed by atoms with Crippen molar-refractivity contribution in [1.29, 1.82) is 0 Å². The number of hydrogen-bond donors (Lipinski definition) is 1. The molecule has 0 aliphatic heterocycles. The number of likely N-dealkylation sites (N-methyl/N-ethyl adjacent to an activating group) is 2. The van der Waals surface area contributed by atoms with Crippen molar-refractivity contribution >= 4 is 39.1 Å². The van der Waals surface area contributed by atoms with Gasteiger partial charge >= 0.3 is 0 Å². The average Bonchev–Trinajstić information content (AvgIpc) is 3.14. The van der Waals surface area contributed by atoms with Crippen LogP contribution in [0.25, 0.3) is 0 Å². The molecule has 1 aromatic heterocycles. The highest BCUT2D eigenvalue weighted by molar-refractivity contribution is 9.10. The molecule has 0 radical (unpaired) electrons. The van der Waals surface area contributed by atoms with Gasteiger partial charge in [0.2, 0.25) is 5.91 Å². The lowest BCUT2D eigenvalue weighted by atomic mass is 10.2. The van der Waals surface area contributed by atoms with E-state index >= 15 is 0 Å². The largest absolute Gasteiger partial charge is 0.347 e. The first kappa shape index (κ1) is 20.4. The molecule has 140 valence electrons. The number of hydrogen-bond acceptors (Lipinski definition) is 4. The summed E-state index contributed by atoms with van der Waals surface area (Å²) in [6.45, 7) is 1.54. The fourth-order valence-electron chi connectivity index (χ4n) is 2.13. The first-order chi connectivity index (χ1) is 12.5. The molecule has 6 nitrogen and oxygen atoms in total. The van der Waals surface area contributed by atoms with Crippen LogP contribution in [0.15, 0.2) is 45.3 Å². The molecule has 2 aromatic rings. The number of thiazole rings is 1. The molecule has 8 heteroatoms. The van der Waals surface area contributed by atoms with E-state index in [-0.39, 0.29) is 12.5 Å². The Balaban J connectivity index is 2.02. The van der Waals surface area contributed by atoms with Gasteiger partial charge in [0.1, 0.15) is 0 Å². The number of aromatic nitrogens is 1. The molecule has 0 aliphatic rings. The van der Waals surface area contributed by atoms with Crippen LogP contribution in [0.3, 0.4) is 0 Å². The van der Waals surface area contributed by atoms with E-state index in [1.807, 2.05) is 47.8 Å². The molecular weight excluding hydrogens is 414 g/mol. The number of carbonyl (C=O) groups excluding carboxylic acids is 1. The Labute approximate surface area is 167 Å². The quantitative estimate of drug-likeness (QED) is 0.534. The van der Waals surface area contributed by atoms with Gasteiger partial charge in [-0.1, -0.05) is 28.1 Å². The summed E-state index contributed by atoms with van der Waals surface area (Å²) in [5, 5.41) is 6.24. The third-order valence-electron chi connectivity index (χ3n) is 3.73. The van der Waals surface area contributed by atoms with Crippen LogP contribution >= 0.6 is 27.3 Å². The van der Waals surface area contributed by atoms with Crippen LogP contribution in [-0.2, 0) is 17.8 Å². The van der Waals surface area contributed by atoms with Gasteiger partial charge in [-0.05, 0) is 17.7 Å². The summed E-state index contributed by atoms with van der Waals surface area (Å²) in [6.07, 6.45) is 2.66. The molecule has 26 heavy (non-hydrogen) atoms. The van der Waals surface area contributed by atoms with Crippen molar-refractivity contribution in [2.45, 2.75) is 13.0 Å². The number of nitrogens with one attached hydrogen (secondary N) is 1. The van der Waals surface area contributed by atoms with E-state index in [0.29, 0.717) is 12.5 Å². The highest BCUT2D eigenvalue weighted by Gasteiger charge is 2.11. The van der Waals surface area contributed by atoms with Gasteiger partial charge in [0.05, 0.1) is 18.1 Å². The molecule has 0 atom stereocenters. The van der Waals surface area contributed by atoms with Crippen molar-refractivity contribution in [2.75, 3.05) is 34.2 Å². The minimum atomic E-state index is 0.00895. The topological polar surface area (TPSA) is 60.8 Å². The second-order valence-corrected chi connectivity index (χ2v) is 7.90. The zero-order chi connectivity index (χ0) is 18.9. The molecule has 0 saturated heterocycles. The van der Waals surface area contributed by atoms with E-state index in [1.54, 1.807) is 30.3 Å². The zero-order valence-corrected chi connectivity index (χ0v) is 17.7. The molecular formula is C18H24BrN5OS. The van der Waals surface area contributed by atoms with Gasteiger partial charge in [-0.15, -0.1) is 11.3 Å². The Kier molecular flexibility index (Phi) is 8.06. The number of aliphatic imine (C=N–C) groups is 1. The van der Waals surface area contributed by atoms with Gasteiger partial charge in [0, 0.05) is 50.2 Å². The van der Waals surface area contributed by atoms with Crippen molar-refractivity contribution in [3.05, 3.63) is 50.9 Å². The Morgan fingerprint density at radius 3 is 2.62 bits per heavy atom. The number of guanidine groups is 1. The summed E-state index contributed by atoms with van der Waals surface area (Å²) in [6, 6.07) is 8.07. The molecule has 0 unspecified atom stereocenters. The number of nitrogens with zero attached hydrogens (tertiary/aromatic N) is 4. The molecule has 1 heterocycles. The van der Waals surface area contributed by atoms with E-state index in [2.05, 4.69) is 31.2 Å². The fraction of sp³-hybridized carbons (Fsp3) is 0.389. The highest BCUT2D eigenvalue weighted by Crippen LogP contribution is 2.11. The van der Waals surface area contributed by atoms with E-state index in [9.17, 15) is 4.79 Å². The SMILES string of the molecule is CN(C)C(=O)CNC(=NCc1ccc(Br)cc1)N(C)CCc1nccs1. The van der Waals surface area contributed by atoms with Crippen molar-refractivity contribution in [3.8, 4) is 0 Å². The maximum Gasteiger partial charge on any atom is 0.241 e. The predicted molar refractivity (Wildman–Crippen MR) is 110 cm³/mol. The molecule has 1 N–H and O–H groups in total. The number of amides is 1. The summed E-state index contributed by atoms with van der Waals surface area (Å²) in [5.74, 6) is 0.717. The maximum atomic E-state index is 11.9. The Bertz CT molecular complexity index is 716. The van der Waals surface area contributed by atoms with E-state index in [1.165, 1.54) is 0 Å². The number of rotatable bonds is 7. The third kappa shape index (κ3) is 6.76. The molecule has 2 rings (SSSR count). The van der Waals surface area contributed by atoms with Crippen LogP contribution in [0.4, 0.5) is 0 Å². The lowest BCUT2D eigenvalue weighted by Gasteiger charge is -2.22. The van der Waals surface area contributed by atoms with Crippen LogP contribution in [0.5, 0.6) is 0 Å². The average molecular weight is 438 g/mol. The summed E-state index contributed by atoms with van der Waals surface area (Å²) >= 11 is 5.09. The van der Waals surface area contributed by atoms with Gasteiger partial charge < -0.3 is 15.1 Å². The van der Waals surface area contributed by atoms with Crippen LogP contribution in [0.2, 0.25) is 0 Å². The minimum absolute atomic E-state index is 0.00895. The van der Waals surface area contributed by atoms with Gasteiger partial charge in [-0.3, -0.25) is 4.79 Å². The van der Waals surface area contributed by atoms with Crippen LogP contribution in [0.1, 0.15) is 10.6 Å². The maximum absolute atomic E-state index is 11.9. The van der Waals surface area contributed by atoms with Crippen molar-refractivity contribution in [3.63, 3.8) is 0 Å². The van der Waals surface area contributed by atoms with Crippen molar-refractivity contribution in [2.24, 2.45) is 4.99 Å². The van der Waals surface area contributed by atoms with E-state index in [4.69, 9.17) is 0 Å². The molecule has 0 bridgehead atoms. The molecule has 1 aromatic carbocycles. The van der Waals surface area contributed by atoms with Gasteiger partial charge in [0.15, 0.2) is 5.96 Å². The number of halogens is 1. The van der Waals surface area contributed by atoms with E-state index in [0.717, 1.165) is 28.0 Å². The lowest BCUT2D eigenvalue weighted by molar-refractivity contribution is -0.127.